The maximum Gasteiger partial charge on any atom is 0.221 e. The highest BCUT2D eigenvalue weighted by Crippen LogP contribution is 2.29. The Labute approximate surface area is 163 Å². The van der Waals surface area contributed by atoms with E-state index >= 15 is 0 Å². The molecule has 2 aromatic rings. The summed E-state index contributed by atoms with van der Waals surface area (Å²) in [4.78, 5) is 14.3. The van der Waals surface area contributed by atoms with Gasteiger partial charge in [0.15, 0.2) is 11.6 Å². The van der Waals surface area contributed by atoms with Crippen molar-refractivity contribution in [2.45, 2.75) is 32.5 Å². The Morgan fingerprint density at radius 1 is 1.32 bits per heavy atom. The third-order valence-corrected chi connectivity index (χ3v) is 4.67. The van der Waals surface area contributed by atoms with Crippen molar-refractivity contribution in [2.75, 3.05) is 20.2 Å². The first-order valence-electron chi connectivity index (χ1n) is 9.21. The lowest BCUT2D eigenvalue weighted by molar-refractivity contribution is -0.121. The van der Waals surface area contributed by atoms with Crippen molar-refractivity contribution in [3.8, 4) is 11.5 Å². The molecule has 28 heavy (non-hydrogen) atoms. The fourth-order valence-corrected chi connectivity index (χ4v) is 3.22. The minimum atomic E-state index is -0.923. The molecule has 0 radical (unpaired) electrons. The molecule has 0 aliphatic carbocycles. The van der Waals surface area contributed by atoms with E-state index in [-0.39, 0.29) is 30.5 Å². The molecule has 1 N–H and O–H groups in total. The van der Waals surface area contributed by atoms with Crippen molar-refractivity contribution in [1.29, 1.82) is 0 Å². The van der Waals surface area contributed by atoms with Crippen LogP contribution >= 0.6 is 0 Å². The third-order valence-electron chi connectivity index (χ3n) is 4.67. The van der Waals surface area contributed by atoms with E-state index in [1.165, 1.54) is 12.1 Å². The molecule has 0 aromatic heterocycles. The SMILES string of the molecule is COc1ccc2c(c1)O[C@H](C)CN(CCC(=O)NCc1cccc(F)c1F)C2. The van der Waals surface area contributed by atoms with Crippen molar-refractivity contribution < 1.29 is 23.0 Å². The summed E-state index contributed by atoms with van der Waals surface area (Å²) >= 11 is 0. The van der Waals surface area contributed by atoms with Crippen LogP contribution in [0.15, 0.2) is 36.4 Å². The van der Waals surface area contributed by atoms with Gasteiger partial charge in [-0.2, -0.15) is 0 Å². The standard InChI is InChI=1S/C21H24F2N2O3/c1-14-12-25(13-16-6-7-17(27-2)10-19(16)28-14)9-8-20(26)24-11-15-4-3-5-18(22)21(15)23/h3-7,10,14H,8-9,11-13H2,1-2H3,(H,24,26)/t14-/m1/s1. The summed E-state index contributed by atoms with van der Waals surface area (Å²) < 4.78 is 38.1. The van der Waals surface area contributed by atoms with E-state index < -0.39 is 11.6 Å². The monoisotopic (exact) mass is 390 g/mol. The molecule has 5 nitrogen and oxygen atoms in total. The fourth-order valence-electron chi connectivity index (χ4n) is 3.22. The molecular formula is C21H24F2N2O3. The molecule has 0 saturated heterocycles. The number of nitrogens with zero attached hydrogens (tertiary/aromatic N) is 1. The number of benzene rings is 2. The Morgan fingerprint density at radius 2 is 2.14 bits per heavy atom. The van der Waals surface area contributed by atoms with Crippen molar-refractivity contribution in [2.24, 2.45) is 0 Å². The second-order valence-corrected chi connectivity index (χ2v) is 6.88. The van der Waals surface area contributed by atoms with Gasteiger partial charge in [-0.1, -0.05) is 18.2 Å². The summed E-state index contributed by atoms with van der Waals surface area (Å²) in [6, 6.07) is 9.65. The minimum absolute atomic E-state index is 0.0298. The molecule has 0 fully saturated rings. The highest BCUT2D eigenvalue weighted by molar-refractivity contribution is 5.76. The van der Waals surface area contributed by atoms with Crippen LogP contribution in [0, 0.1) is 11.6 Å². The highest BCUT2D eigenvalue weighted by Gasteiger charge is 2.21. The first-order chi connectivity index (χ1) is 13.5. The molecule has 0 saturated carbocycles. The summed E-state index contributed by atoms with van der Waals surface area (Å²) in [5.74, 6) is -0.519. The summed E-state index contributed by atoms with van der Waals surface area (Å²) in [7, 11) is 1.61. The van der Waals surface area contributed by atoms with E-state index in [1.807, 2.05) is 25.1 Å². The van der Waals surface area contributed by atoms with Gasteiger partial charge in [0.05, 0.1) is 7.11 Å². The van der Waals surface area contributed by atoms with Gasteiger partial charge in [0.2, 0.25) is 5.91 Å². The van der Waals surface area contributed by atoms with Crippen molar-refractivity contribution in [3.63, 3.8) is 0 Å². The fraction of sp³-hybridized carbons (Fsp3) is 0.381. The number of methoxy groups -OCH3 is 1. The molecule has 150 valence electrons. The number of hydrogen-bond donors (Lipinski definition) is 1. The molecule has 3 rings (SSSR count). The van der Waals surface area contributed by atoms with E-state index in [2.05, 4.69) is 10.2 Å². The lowest BCUT2D eigenvalue weighted by Crippen LogP contribution is -2.34. The Morgan fingerprint density at radius 3 is 2.93 bits per heavy atom. The number of carbonyl (C=O) groups is 1. The highest BCUT2D eigenvalue weighted by atomic mass is 19.2. The molecule has 1 aliphatic rings. The van der Waals surface area contributed by atoms with Gasteiger partial charge in [-0.05, 0) is 19.1 Å². The normalized spacial score (nSPS) is 16.6. The zero-order chi connectivity index (χ0) is 20.1. The minimum Gasteiger partial charge on any atom is -0.497 e. The number of nitrogens with one attached hydrogen (secondary N) is 1. The summed E-state index contributed by atoms with van der Waals surface area (Å²) in [6.45, 7) is 3.83. The number of ether oxygens (including phenoxy) is 2. The van der Waals surface area contributed by atoms with Gasteiger partial charge >= 0.3 is 0 Å². The maximum absolute atomic E-state index is 13.7. The van der Waals surface area contributed by atoms with Crippen LogP contribution in [0.1, 0.15) is 24.5 Å². The predicted molar refractivity (Wildman–Crippen MR) is 101 cm³/mol. The van der Waals surface area contributed by atoms with Crippen LogP contribution in [-0.4, -0.2) is 37.1 Å². The number of halogens is 2. The van der Waals surface area contributed by atoms with Gasteiger partial charge in [0.1, 0.15) is 17.6 Å². The maximum atomic E-state index is 13.7. The number of rotatable bonds is 6. The number of amides is 1. The van der Waals surface area contributed by atoms with Crippen molar-refractivity contribution in [1.82, 2.24) is 10.2 Å². The third kappa shape index (κ3) is 4.98. The zero-order valence-electron chi connectivity index (χ0n) is 16.0. The van der Waals surface area contributed by atoms with Gasteiger partial charge in [0.25, 0.3) is 0 Å². The Bertz CT molecular complexity index is 844. The van der Waals surface area contributed by atoms with E-state index in [0.717, 1.165) is 23.1 Å². The zero-order valence-corrected chi connectivity index (χ0v) is 16.0. The molecule has 1 amide bonds. The molecule has 0 bridgehead atoms. The molecule has 0 spiro atoms. The van der Waals surface area contributed by atoms with Gasteiger partial charge in [0, 0.05) is 49.8 Å². The predicted octanol–water partition coefficient (Wildman–Crippen LogP) is 3.26. The quantitative estimate of drug-likeness (QED) is 0.823. The molecule has 7 heteroatoms. The first kappa shape index (κ1) is 20.1. The second kappa shape index (κ2) is 9.01. The van der Waals surface area contributed by atoms with Gasteiger partial charge in [-0.3, -0.25) is 9.69 Å². The Balaban J connectivity index is 1.54. The van der Waals surface area contributed by atoms with E-state index in [4.69, 9.17) is 9.47 Å². The molecule has 2 aromatic carbocycles. The molecule has 1 aliphatic heterocycles. The van der Waals surface area contributed by atoms with E-state index in [9.17, 15) is 13.6 Å². The first-order valence-corrected chi connectivity index (χ1v) is 9.21. The molecule has 1 atom stereocenters. The summed E-state index contributed by atoms with van der Waals surface area (Å²) in [5, 5.41) is 2.65. The van der Waals surface area contributed by atoms with Crippen LogP contribution in [0.2, 0.25) is 0 Å². The molecule has 0 unspecified atom stereocenters. The van der Waals surface area contributed by atoms with Crippen LogP contribution in [0.5, 0.6) is 11.5 Å². The number of hydrogen-bond acceptors (Lipinski definition) is 4. The molecular weight excluding hydrogens is 366 g/mol. The van der Waals surface area contributed by atoms with E-state index in [1.54, 1.807) is 7.11 Å². The average molecular weight is 390 g/mol. The van der Waals surface area contributed by atoms with Crippen LogP contribution in [0.4, 0.5) is 8.78 Å². The number of carbonyl (C=O) groups excluding carboxylic acids is 1. The number of fused-ring (bicyclic) bond motifs is 1. The lowest BCUT2D eigenvalue weighted by atomic mass is 10.1. The van der Waals surface area contributed by atoms with Gasteiger partial charge in [-0.15, -0.1) is 0 Å². The van der Waals surface area contributed by atoms with E-state index in [0.29, 0.717) is 19.6 Å². The molecule has 1 heterocycles. The smallest absolute Gasteiger partial charge is 0.221 e. The van der Waals surface area contributed by atoms with Crippen LogP contribution in [0.3, 0.4) is 0 Å². The summed E-state index contributed by atoms with van der Waals surface area (Å²) in [5.41, 5.74) is 1.17. The van der Waals surface area contributed by atoms with Crippen LogP contribution in [0.25, 0.3) is 0 Å². The second-order valence-electron chi connectivity index (χ2n) is 6.88. The largest absolute Gasteiger partial charge is 0.497 e. The Hall–Kier alpha value is -2.67. The summed E-state index contributed by atoms with van der Waals surface area (Å²) in [6.07, 6.45) is 0.229. The van der Waals surface area contributed by atoms with Crippen LogP contribution in [-0.2, 0) is 17.9 Å². The van der Waals surface area contributed by atoms with Crippen molar-refractivity contribution in [3.05, 3.63) is 59.2 Å². The van der Waals surface area contributed by atoms with Gasteiger partial charge in [-0.25, -0.2) is 8.78 Å². The van der Waals surface area contributed by atoms with Gasteiger partial charge < -0.3 is 14.8 Å². The van der Waals surface area contributed by atoms with Crippen LogP contribution < -0.4 is 14.8 Å². The lowest BCUT2D eigenvalue weighted by Gasteiger charge is -2.21. The topological polar surface area (TPSA) is 50.8 Å². The van der Waals surface area contributed by atoms with Crippen molar-refractivity contribution >= 4 is 5.91 Å². The average Bonchev–Trinajstić information content (AvgIpc) is 2.84. The Kier molecular flexibility index (Phi) is 6.46.